The standard InChI is InChI=1S/C23H27N3O4.C2H6/c1-15-20-19(14-28-23(5,6)29-20)17(12-25-15)13-26(21(27)30-22(2,3)4)18-9-7-16(11-24)8-10-18;1-2/h7-10,12H,13-14H2,1-6H3;1-2H3. The number of hydrogen-bond acceptors (Lipinski definition) is 6. The number of carbonyl (C=O) groups excluding carboxylic acids is 1. The smallest absolute Gasteiger partial charge is 0.415 e. The van der Waals surface area contributed by atoms with E-state index in [1.807, 2.05) is 55.4 Å². The van der Waals surface area contributed by atoms with Gasteiger partial charge in [0.2, 0.25) is 5.79 Å². The van der Waals surface area contributed by atoms with Gasteiger partial charge in [0.1, 0.15) is 11.4 Å². The molecule has 0 saturated heterocycles. The van der Waals surface area contributed by atoms with E-state index in [1.165, 1.54) is 4.90 Å². The Bertz CT molecular complexity index is 986. The highest BCUT2D eigenvalue weighted by atomic mass is 16.7. The number of carbonyl (C=O) groups is 1. The molecule has 0 spiro atoms. The maximum Gasteiger partial charge on any atom is 0.415 e. The van der Waals surface area contributed by atoms with E-state index < -0.39 is 17.5 Å². The van der Waals surface area contributed by atoms with Crippen molar-refractivity contribution in [3.05, 3.63) is 52.8 Å². The number of fused-ring (bicyclic) bond motifs is 1. The van der Waals surface area contributed by atoms with Crippen LogP contribution in [0.3, 0.4) is 0 Å². The Balaban J connectivity index is 0.00000176. The number of nitriles is 1. The molecule has 2 heterocycles. The van der Waals surface area contributed by atoms with Crippen LogP contribution in [-0.4, -0.2) is 22.5 Å². The molecule has 32 heavy (non-hydrogen) atoms. The van der Waals surface area contributed by atoms with Crippen LogP contribution in [0.2, 0.25) is 0 Å². The largest absolute Gasteiger partial charge is 0.461 e. The number of pyridine rings is 1. The molecule has 1 aliphatic rings. The van der Waals surface area contributed by atoms with Crippen molar-refractivity contribution in [3.8, 4) is 11.8 Å². The lowest BCUT2D eigenvalue weighted by Gasteiger charge is -2.35. The van der Waals surface area contributed by atoms with Crippen molar-refractivity contribution in [2.24, 2.45) is 0 Å². The normalized spacial score (nSPS) is 14.1. The van der Waals surface area contributed by atoms with Crippen molar-refractivity contribution >= 4 is 11.8 Å². The van der Waals surface area contributed by atoms with Crippen LogP contribution >= 0.6 is 0 Å². The summed E-state index contributed by atoms with van der Waals surface area (Å²) in [5, 5.41) is 9.07. The molecular weight excluding hydrogens is 406 g/mol. The number of ether oxygens (including phenoxy) is 3. The van der Waals surface area contributed by atoms with Crippen molar-refractivity contribution in [3.63, 3.8) is 0 Å². The second kappa shape index (κ2) is 10.0. The average Bonchev–Trinajstić information content (AvgIpc) is 2.73. The zero-order valence-corrected chi connectivity index (χ0v) is 20.3. The number of nitrogens with zero attached hydrogens (tertiary/aromatic N) is 3. The van der Waals surface area contributed by atoms with E-state index in [0.717, 1.165) is 16.8 Å². The zero-order chi connectivity index (χ0) is 24.1. The van der Waals surface area contributed by atoms with Crippen molar-refractivity contribution in [1.82, 2.24) is 4.98 Å². The minimum Gasteiger partial charge on any atom is -0.461 e. The third-order valence-electron chi connectivity index (χ3n) is 4.57. The monoisotopic (exact) mass is 439 g/mol. The summed E-state index contributed by atoms with van der Waals surface area (Å²) >= 11 is 0. The molecule has 172 valence electrons. The third kappa shape index (κ3) is 6.21. The van der Waals surface area contributed by atoms with Gasteiger partial charge in [0.05, 0.1) is 30.5 Å². The number of anilines is 1. The summed E-state index contributed by atoms with van der Waals surface area (Å²) in [5.41, 5.74) is 2.93. The fourth-order valence-electron chi connectivity index (χ4n) is 3.09. The van der Waals surface area contributed by atoms with Crippen LogP contribution in [0.1, 0.15) is 70.9 Å². The van der Waals surface area contributed by atoms with Gasteiger partial charge in [-0.25, -0.2) is 4.79 Å². The molecule has 0 fully saturated rings. The molecule has 7 nitrogen and oxygen atoms in total. The predicted molar refractivity (Wildman–Crippen MR) is 123 cm³/mol. The molecule has 0 aliphatic carbocycles. The highest BCUT2D eigenvalue weighted by molar-refractivity contribution is 5.88. The quantitative estimate of drug-likeness (QED) is 0.594. The van der Waals surface area contributed by atoms with Gasteiger partial charge < -0.3 is 14.2 Å². The summed E-state index contributed by atoms with van der Waals surface area (Å²) in [6.07, 6.45) is 1.25. The van der Waals surface area contributed by atoms with Gasteiger partial charge >= 0.3 is 6.09 Å². The van der Waals surface area contributed by atoms with E-state index in [4.69, 9.17) is 19.5 Å². The van der Waals surface area contributed by atoms with E-state index in [0.29, 0.717) is 23.6 Å². The van der Waals surface area contributed by atoms with E-state index in [9.17, 15) is 4.79 Å². The highest BCUT2D eigenvalue weighted by Gasteiger charge is 2.32. The Morgan fingerprint density at radius 3 is 2.44 bits per heavy atom. The molecule has 1 aromatic carbocycles. The maximum atomic E-state index is 13.0. The van der Waals surface area contributed by atoms with Gasteiger partial charge in [-0.15, -0.1) is 0 Å². The number of aryl methyl sites for hydroxylation is 1. The van der Waals surface area contributed by atoms with Gasteiger partial charge in [-0.1, -0.05) is 13.8 Å². The Kier molecular flexibility index (Phi) is 7.87. The Morgan fingerprint density at radius 1 is 1.25 bits per heavy atom. The van der Waals surface area contributed by atoms with E-state index >= 15 is 0 Å². The Hall–Kier alpha value is -3.11. The predicted octanol–water partition coefficient (Wildman–Crippen LogP) is 5.87. The van der Waals surface area contributed by atoms with Crippen LogP contribution in [0.5, 0.6) is 5.75 Å². The number of hydrogen-bond donors (Lipinski definition) is 0. The third-order valence-corrected chi connectivity index (χ3v) is 4.57. The second-order valence-corrected chi connectivity index (χ2v) is 8.69. The summed E-state index contributed by atoms with van der Waals surface area (Å²) in [6.45, 7) is 15.6. The minimum atomic E-state index is -0.740. The van der Waals surface area contributed by atoms with Crippen LogP contribution in [0.4, 0.5) is 10.5 Å². The molecule has 0 N–H and O–H groups in total. The number of rotatable bonds is 3. The summed E-state index contributed by atoms with van der Waals surface area (Å²) in [5.74, 6) is -0.0523. The Labute approximate surface area is 190 Å². The lowest BCUT2D eigenvalue weighted by Crippen LogP contribution is -2.38. The topological polar surface area (TPSA) is 84.7 Å². The SMILES string of the molecule is CC.Cc1ncc(CN(C(=O)OC(C)(C)C)c2ccc(C#N)cc2)c2c1OC(C)(C)OC2. The molecule has 1 aliphatic heterocycles. The fourth-order valence-corrected chi connectivity index (χ4v) is 3.09. The molecule has 3 rings (SSSR count). The van der Waals surface area contributed by atoms with Crippen molar-refractivity contribution in [2.45, 2.75) is 79.9 Å². The van der Waals surface area contributed by atoms with Crippen molar-refractivity contribution < 1.29 is 19.0 Å². The molecule has 0 unspecified atom stereocenters. The van der Waals surface area contributed by atoms with Gasteiger partial charge in [-0.3, -0.25) is 9.88 Å². The first-order valence-electron chi connectivity index (χ1n) is 10.8. The van der Waals surface area contributed by atoms with Crippen molar-refractivity contribution in [1.29, 1.82) is 5.26 Å². The van der Waals surface area contributed by atoms with Crippen LogP contribution in [0.25, 0.3) is 0 Å². The van der Waals surface area contributed by atoms with Gasteiger partial charge in [-0.2, -0.15) is 5.26 Å². The lowest BCUT2D eigenvalue weighted by molar-refractivity contribution is -0.180. The van der Waals surface area contributed by atoms with E-state index in [1.54, 1.807) is 30.5 Å². The van der Waals surface area contributed by atoms with Gasteiger partial charge in [0.25, 0.3) is 0 Å². The zero-order valence-electron chi connectivity index (χ0n) is 20.3. The molecular formula is C25H33N3O4. The van der Waals surface area contributed by atoms with Crippen molar-refractivity contribution in [2.75, 3.05) is 4.90 Å². The molecule has 1 amide bonds. The number of aromatic nitrogens is 1. The molecule has 1 aromatic heterocycles. The number of benzene rings is 1. The molecule has 0 radical (unpaired) electrons. The second-order valence-electron chi connectivity index (χ2n) is 8.69. The first kappa shape index (κ1) is 25.2. The number of amides is 1. The summed E-state index contributed by atoms with van der Waals surface area (Å²) in [4.78, 5) is 19.0. The lowest BCUT2D eigenvalue weighted by atomic mass is 10.1. The summed E-state index contributed by atoms with van der Waals surface area (Å²) < 4.78 is 17.4. The Morgan fingerprint density at radius 2 is 1.88 bits per heavy atom. The maximum absolute atomic E-state index is 13.0. The summed E-state index contributed by atoms with van der Waals surface area (Å²) in [6, 6.07) is 8.89. The highest BCUT2D eigenvalue weighted by Crippen LogP contribution is 2.36. The molecule has 2 aromatic rings. The fraction of sp³-hybridized carbons (Fsp3) is 0.480. The first-order chi connectivity index (χ1) is 15.0. The molecule has 7 heteroatoms. The van der Waals surface area contributed by atoms with E-state index in [2.05, 4.69) is 11.1 Å². The average molecular weight is 440 g/mol. The van der Waals surface area contributed by atoms with Crippen LogP contribution in [0.15, 0.2) is 30.5 Å². The van der Waals surface area contributed by atoms with Gasteiger partial charge in [0.15, 0.2) is 0 Å². The molecule has 0 atom stereocenters. The van der Waals surface area contributed by atoms with Gasteiger partial charge in [0, 0.05) is 31.3 Å². The van der Waals surface area contributed by atoms with Crippen LogP contribution in [0, 0.1) is 18.3 Å². The summed E-state index contributed by atoms with van der Waals surface area (Å²) in [7, 11) is 0. The van der Waals surface area contributed by atoms with Crippen LogP contribution < -0.4 is 9.64 Å². The minimum absolute atomic E-state index is 0.226. The molecule has 0 saturated carbocycles. The van der Waals surface area contributed by atoms with Gasteiger partial charge in [-0.05, 0) is 57.5 Å². The van der Waals surface area contributed by atoms with E-state index in [-0.39, 0.29) is 6.54 Å². The first-order valence-corrected chi connectivity index (χ1v) is 10.8. The molecule has 0 bridgehead atoms. The van der Waals surface area contributed by atoms with Crippen LogP contribution in [-0.2, 0) is 22.6 Å².